The monoisotopic (exact) mass is 304 g/mol. The van der Waals surface area contributed by atoms with Crippen LogP contribution >= 0.6 is 11.6 Å². The van der Waals surface area contributed by atoms with Gasteiger partial charge in [-0.05, 0) is 24.3 Å². The molecule has 0 fully saturated rings. The van der Waals surface area contributed by atoms with Crippen LogP contribution in [0.5, 0.6) is 5.75 Å². The number of ether oxygens (including phenoxy) is 1. The smallest absolute Gasteiger partial charge is 0.387 e. The molecule has 0 saturated heterocycles. The molecule has 0 N–H and O–H groups in total. The highest BCUT2D eigenvalue weighted by Crippen LogP contribution is 2.36. The van der Waals surface area contributed by atoms with E-state index < -0.39 is 23.6 Å². The largest absolute Gasteiger partial charge is 0.434 e. The van der Waals surface area contributed by atoms with Gasteiger partial charge in [0, 0.05) is 11.1 Å². The van der Waals surface area contributed by atoms with E-state index >= 15 is 0 Å². The lowest BCUT2D eigenvalue weighted by atomic mass is 10.0. The van der Waals surface area contributed by atoms with Crippen LogP contribution in [0.3, 0.4) is 0 Å². The molecule has 1 nitrogen and oxygen atoms in total. The molecule has 0 amide bonds. The maximum atomic E-state index is 13.7. The molecular weight excluding hydrogens is 296 g/mol. The lowest BCUT2D eigenvalue weighted by Crippen LogP contribution is -2.06. The SMILES string of the molecule is Fc1ccc(F)c(C(Cl)c2ccccc2OC(F)F)c1. The molecule has 2 aromatic carbocycles. The fourth-order valence-corrected chi connectivity index (χ4v) is 2.12. The molecule has 20 heavy (non-hydrogen) atoms. The zero-order chi connectivity index (χ0) is 14.7. The lowest BCUT2D eigenvalue weighted by molar-refractivity contribution is -0.0504. The van der Waals surface area contributed by atoms with Crippen molar-refractivity contribution in [2.24, 2.45) is 0 Å². The Morgan fingerprint density at radius 3 is 2.35 bits per heavy atom. The topological polar surface area (TPSA) is 9.23 Å². The van der Waals surface area contributed by atoms with Gasteiger partial charge in [0.05, 0.1) is 5.38 Å². The molecule has 2 aromatic rings. The fraction of sp³-hybridized carbons (Fsp3) is 0.143. The first-order valence-corrected chi connectivity index (χ1v) is 6.05. The van der Waals surface area contributed by atoms with E-state index in [1.165, 1.54) is 18.2 Å². The van der Waals surface area contributed by atoms with E-state index in [9.17, 15) is 17.6 Å². The van der Waals surface area contributed by atoms with Crippen molar-refractivity contribution in [3.05, 3.63) is 65.2 Å². The van der Waals surface area contributed by atoms with E-state index in [-0.39, 0.29) is 16.9 Å². The highest BCUT2D eigenvalue weighted by atomic mass is 35.5. The maximum absolute atomic E-state index is 13.7. The normalized spacial score (nSPS) is 12.5. The van der Waals surface area contributed by atoms with Crippen LogP contribution in [0.2, 0.25) is 0 Å². The van der Waals surface area contributed by atoms with E-state index in [2.05, 4.69) is 4.74 Å². The highest BCUT2D eigenvalue weighted by molar-refractivity contribution is 6.22. The maximum Gasteiger partial charge on any atom is 0.387 e. The Bertz CT molecular complexity index is 603. The number of hydrogen-bond donors (Lipinski definition) is 0. The summed E-state index contributed by atoms with van der Waals surface area (Å²) in [5, 5.41) is -1.14. The Labute approximate surface area is 117 Å². The number of rotatable bonds is 4. The Hall–Kier alpha value is -1.75. The van der Waals surface area contributed by atoms with Gasteiger partial charge in [0.15, 0.2) is 0 Å². The van der Waals surface area contributed by atoms with Crippen molar-refractivity contribution in [3.63, 3.8) is 0 Å². The minimum atomic E-state index is -3.03. The number of benzene rings is 2. The molecule has 1 atom stereocenters. The summed E-state index contributed by atoms with van der Waals surface area (Å²) in [5.41, 5.74) is -0.00375. The van der Waals surface area contributed by atoms with Crippen molar-refractivity contribution in [1.82, 2.24) is 0 Å². The van der Waals surface area contributed by atoms with Gasteiger partial charge in [-0.25, -0.2) is 8.78 Å². The second-order valence-corrected chi connectivity index (χ2v) is 4.38. The molecule has 0 aliphatic rings. The zero-order valence-electron chi connectivity index (χ0n) is 9.99. The number of halogens is 5. The van der Waals surface area contributed by atoms with Gasteiger partial charge in [-0.15, -0.1) is 11.6 Å². The van der Waals surface area contributed by atoms with Gasteiger partial charge in [-0.2, -0.15) is 8.78 Å². The molecule has 0 aliphatic heterocycles. The fourth-order valence-electron chi connectivity index (χ4n) is 1.77. The van der Waals surface area contributed by atoms with Crippen molar-refractivity contribution < 1.29 is 22.3 Å². The van der Waals surface area contributed by atoms with Crippen LogP contribution < -0.4 is 4.74 Å². The van der Waals surface area contributed by atoms with Gasteiger partial charge >= 0.3 is 6.61 Å². The predicted octanol–water partition coefficient (Wildman–Crippen LogP) is 4.89. The van der Waals surface area contributed by atoms with Crippen molar-refractivity contribution in [2.75, 3.05) is 0 Å². The van der Waals surface area contributed by atoms with Gasteiger partial charge in [-0.1, -0.05) is 18.2 Å². The van der Waals surface area contributed by atoms with Crippen molar-refractivity contribution in [2.45, 2.75) is 12.0 Å². The molecule has 0 aliphatic carbocycles. The average Bonchev–Trinajstić information content (AvgIpc) is 2.41. The Morgan fingerprint density at radius 2 is 1.65 bits per heavy atom. The van der Waals surface area contributed by atoms with Crippen LogP contribution in [0.4, 0.5) is 17.6 Å². The van der Waals surface area contributed by atoms with Gasteiger partial charge < -0.3 is 4.74 Å². The number of alkyl halides is 3. The minimum absolute atomic E-state index is 0.138. The predicted molar refractivity (Wildman–Crippen MR) is 67.1 cm³/mol. The third-order valence-electron chi connectivity index (χ3n) is 2.64. The van der Waals surface area contributed by atoms with E-state index in [1.54, 1.807) is 6.07 Å². The lowest BCUT2D eigenvalue weighted by Gasteiger charge is -2.16. The standard InChI is InChI=1S/C14H9ClF4O/c15-13(10-7-8(16)5-6-11(10)17)9-3-1-2-4-12(9)20-14(18)19/h1-7,13-14H. The number of para-hydroxylation sites is 1. The summed E-state index contributed by atoms with van der Waals surface area (Å²) in [6.07, 6.45) is 0. The van der Waals surface area contributed by atoms with Gasteiger partial charge in [-0.3, -0.25) is 0 Å². The highest BCUT2D eigenvalue weighted by Gasteiger charge is 2.21. The second-order valence-electron chi connectivity index (χ2n) is 3.94. The van der Waals surface area contributed by atoms with Gasteiger partial charge in [0.1, 0.15) is 17.4 Å². The van der Waals surface area contributed by atoms with Crippen LogP contribution in [0, 0.1) is 11.6 Å². The Balaban J connectivity index is 2.42. The molecule has 1 unspecified atom stereocenters. The summed E-state index contributed by atoms with van der Waals surface area (Å²) in [5.74, 6) is -1.57. The summed E-state index contributed by atoms with van der Waals surface area (Å²) in [4.78, 5) is 0. The first kappa shape index (κ1) is 14.7. The Kier molecular flexibility index (Phi) is 4.49. The van der Waals surface area contributed by atoms with Crippen LogP contribution in [-0.2, 0) is 0 Å². The van der Waals surface area contributed by atoms with Crippen LogP contribution in [0.15, 0.2) is 42.5 Å². The quantitative estimate of drug-likeness (QED) is 0.577. The molecule has 0 spiro atoms. The van der Waals surface area contributed by atoms with Crippen LogP contribution in [0.25, 0.3) is 0 Å². The van der Waals surface area contributed by atoms with E-state index in [0.717, 1.165) is 18.2 Å². The summed E-state index contributed by atoms with van der Waals surface area (Å²) in [7, 11) is 0. The van der Waals surface area contributed by atoms with E-state index in [1.807, 2.05) is 0 Å². The molecule has 106 valence electrons. The minimum Gasteiger partial charge on any atom is -0.434 e. The molecule has 0 bridgehead atoms. The van der Waals surface area contributed by atoms with Crippen molar-refractivity contribution in [3.8, 4) is 5.75 Å². The second kappa shape index (κ2) is 6.13. The third-order valence-corrected chi connectivity index (χ3v) is 3.11. The first-order valence-electron chi connectivity index (χ1n) is 5.62. The van der Waals surface area contributed by atoms with E-state index in [0.29, 0.717) is 0 Å². The summed E-state index contributed by atoms with van der Waals surface area (Å²) in [6, 6.07) is 8.52. The molecule has 0 heterocycles. The number of hydrogen-bond acceptors (Lipinski definition) is 1. The van der Waals surface area contributed by atoms with E-state index in [4.69, 9.17) is 11.6 Å². The summed E-state index contributed by atoms with van der Waals surface area (Å²) in [6.45, 7) is -3.03. The zero-order valence-corrected chi connectivity index (χ0v) is 10.8. The molecule has 0 aromatic heterocycles. The third kappa shape index (κ3) is 3.22. The average molecular weight is 305 g/mol. The summed E-state index contributed by atoms with van der Waals surface area (Å²) >= 11 is 6.07. The molecule has 0 radical (unpaired) electrons. The molecule has 2 rings (SSSR count). The van der Waals surface area contributed by atoms with Gasteiger partial charge in [0.25, 0.3) is 0 Å². The van der Waals surface area contributed by atoms with Crippen molar-refractivity contribution >= 4 is 11.6 Å². The molecule has 6 heteroatoms. The van der Waals surface area contributed by atoms with Crippen molar-refractivity contribution in [1.29, 1.82) is 0 Å². The Morgan fingerprint density at radius 1 is 0.950 bits per heavy atom. The first-order chi connectivity index (χ1) is 9.49. The molecular formula is C14H9ClF4O. The molecule has 0 saturated carbocycles. The van der Waals surface area contributed by atoms with Crippen LogP contribution in [-0.4, -0.2) is 6.61 Å². The van der Waals surface area contributed by atoms with Crippen LogP contribution in [0.1, 0.15) is 16.5 Å². The summed E-state index contributed by atoms with van der Waals surface area (Å²) < 4.78 is 55.8. The van der Waals surface area contributed by atoms with Gasteiger partial charge in [0.2, 0.25) is 0 Å².